The molecule has 5 nitrogen and oxygen atoms in total. The van der Waals surface area contributed by atoms with Crippen LogP contribution in [0.2, 0.25) is 0 Å². The lowest BCUT2D eigenvalue weighted by molar-refractivity contribution is -0.138. The number of nitrogens with zero attached hydrogens (tertiary/aromatic N) is 2. The van der Waals surface area contributed by atoms with E-state index in [2.05, 4.69) is 4.98 Å². The fraction of sp³-hybridized carbons (Fsp3) is 0.462. The summed E-state index contributed by atoms with van der Waals surface area (Å²) in [7, 11) is 0. The van der Waals surface area contributed by atoms with E-state index < -0.39 is 17.7 Å². The number of carboxylic acid groups (broad SMARTS) is 1. The molecule has 102 valence electrons. The van der Waals surface area contributed by atoms with Crippen molar-refractivity contribution in [2.24, 2.45) is 0 Å². The van der Waals surface area contributed by atoms with E-state index in [1.54, 1.807) is 0 Å². The molecule has 1 heterocycles. The summed E-state index contributed by atoms with van der Waals surface area (Å²) < 4.78 is 13.1. The second-order valence-electron chi connectivity index (χ2n) is 4.66. The van der Waals surface area contributed by atoms with Crippen molar-refractivity contribution in [2.75, 3.05) is 6.54 Å². The minimum Gasteiger partial charge on any atom is -0.480 e. The predicted octanol–water partition coefficient (Wildman–Crippen LogP) is 1.69. The van der Waals surface area contributed by atoms with Crippen molar-refractivity contribution in [2.45, 2.75) is 31.7 Å². The van der Waals surface area contributed by atoms with Gasteiger partial charge in [0.25, 0.3) is 5.91 Å². The summed E-state index contributed by atoms with van der Waals surface area (Å²) in [5, 5.41) is 8.91. The van der Waals surface area contributed by atoms with E-state index in [9.17, 15) is 14.0 Å². The van der Waals surface area contributed by atoms with Gasteiger partial charge in [-0.3, -0.25) is 14.6 Å². The van der Waals surface area contributed by atoms with E-state index in [0.29, 0.717) is 0 Å². The highest BCUT2D eigenvalue weighted by atomic mass is 19.1. The number of amides is 1. The van der Waals surface area contributed by atoms with Crippen molar-refractivity contribution >= 4 is 11.9 Å². The summed E-state index contributed by atoms with van der Waals surface area (Å²) in [4.78, 5) is 28.1. The van der Waals surface area contributed by atoms with Crippen LogP contribution in [0.4, 0.5) is 4.39 Å². The number of rotatable bonds is 4. The maximum Gasteiger partial charge on any atom is 0.323 e. The molecule has 0 unspecified atom stereocenters. The molecular weight excluding hydrogens is 251 g/mol. The molecule has 1 saturated carbocycles. The highest BCUT2D eigenvalue weighted by Crippen LogP contribution is 2.24. The maximum absolute atomic E-state index is 13.1. The minimum absolute atomic E-state index is 0.0770. The first-order valence-electron chi connectivity index (χ1n) is 6.21. The summed E-state index contributed by atoms with van der Waals surface area (Å²) >= 11 is 0. The lowest BCUT2D eigenvalue weighted by atomic mass is 10.1. The van der Waals surface area contributed by atoms with E-state index in [-0.39, 0.29) is 18.2 Å². The maximum atomic E-state index is 13.1. The van der Waals surface area contributed by atoms with Gasteiger partial charge in [0.2, 0.25) is 0 Å². The van der Waals surface area contributed by atoms with Crippen molar-refractivity contribution in [1.29, 1.82) is 0 Å². The van der Waals surface area contributed by atoms with E-state index in [0.717, 1.165) is 37.9 Å². The molecule has 19 heavy (non-hydrogen) atoms. The van der Waals surface area contributed by atoms with Gasteiger partial charge in [-0.25, -0.2) is 4.39 Å². The second-order valence-corrected chi connectivity index (χ2v) is 4.66. The summed E-state index contributed by atoms with van der Waals surface area (Å²) in [6, 6.07) is 1.01. The number of carboxylic acids is 1. The summed E-state index contributed by atoms with van der Waals surface area (Å²) in [5.41, 5.74) is 0.0909. The van der Waals surface area contributed by atoms with E-state index in [1.807, 2.05) is 0 Å². The molecule has 1 N–H and O–H groups in total. The van der Waals surface area contributed by atoms with E-state index in [1.165, 1.54) is 11.1 Å². The van der Waals surface area contributed by atoms with Crippen LogP contribution in [0.1, 0.15) is 36.0 Å². The highest BCUT2D eigenvalue weighted by Gasteiger charge is 2.29. The number of aliphatic carboxylic acids is 1. The Bertz CT molecular complexity index is 487. The monoisotopic (exact) mass is 266 g/mol. The summed E-state index contributed by atoms with van der Waals surface area (Å²) in [6.45, 7) is -0.361. The number of hydrogen-bond donors (Lipinski definition) is 1. The first-order chi connectivity index (χ1) is 9.08. The Morgan fingerprint density at radius 1 is 1.37 bits per heavy atom. The van der Waals surface area contributed by atoms with Crippen LogP contribution in [0.25, 0.3) is 0 Å². The van der Waals surface area contributed by atoms with Gasteiger partial charge >= 0.3 is 5.97 Å². The number of carbonyl (C=O) groups excluding carboxylic acids is 1. The van der Waals surface area contributed by atoms with Gasteiger partial charge in [-0.2, -0.15) is 0 Å². The average molecular weight is 266 g/mol. The molecule has 0 spiro atoms. The van der Waals surface area contributed by atoms with Crippen LogP contribution in [0.5, 0.6) is 0 Å². The van der Waals surface area contributed by atoms with Crippen LogP contribution < -0.4 is 0 Å². The first kappa shape index (κ1) is 13.5. The Labute approximate surface area is 110 Å². The lowest BCUT2D eigenvalue weighted by Gasteiger charge is -2.27. The molecule has 1 aliphatic rings. The Morgan fingerprint density at radius 3 is 2.63 bits per heavy atom. The van der Waals surface area contributed by atoms with Gasteiger partial charge in [0.05, 0.1) is 11.8 Å². The number of pyridine rings is 1. The van der Waals surface area contributed by atoms with Gasteiger partial charge in [-0.05, 0) is 18.9 Å². The van der Waals surface area contributed by atoms with Gasteiger partial charge in [-0.1, -0.05) is 12.8 Å². The zero-order valence-electron chi connectivity index (χ0n) is 10.4. The second kappa shape index (κ2) is 5.77. The molecule has 0 atom stereocenters. The molecule has 1 aromatic rings. The molecule has 0 radical (unpaired) electrons. The van der Waals surface area contributed by atoms with Gasteiger partial charge in [0, 0.05) is 12.2 Å². The van der Waals surface area contributed by atoms with Crippen molar-refractivity contribution in [3.8, 4) is 0 Å². The highest BCUT2D eigenvalue weighted by molar-refractivity contribution is 5.95. The molecule has 2 rings (SSSR count). The van der Waals surface area contributed by atoms with Crippen LogP contribution in [-0.4, -0.2) is 39.5 Å². The first-order valence-corrected chi connectivity index (χ1v) is 6.21. The zero-order chi connectivity index (χ0) is 13.8. The Hall–Kier alpha value is -1.98. The molecule has 1 aromatic heterocycles. The van der Waals surface area contributed by atoms with Crippen molar-refractivity contribution < 1.29 is 19.1 Å². The summed E-state index contributed by atoms with van der Waals surface area (Å²) in [6.07, 6.45) is 5.82. The van der Waals surface area contributed by atoms with Crippen LogP contribution in [-0.2, 0) is 4.79 Å². The SMILES string of the molecule is O=C(O)CN(C(=O)c1cncc(F)c1)C1CCCC1. The Balaban J connectivity index is 2.21. The van der Waals surface area contributed by atoms with Crippen molar-refractivity contribution in [3.63, 3.8) is 0 Å². The molecule has 0 saturated heterocycles. The average Bonchev–Trinajstić information content (AvgIpc) is 2.88. The van der Waals surface area contributed by atoms with Crippen LogP contribution in [0.15, 0.2) is 18.5 Å². The van der Waals surface area contributed by atoms with Crippen molar-refractivity contribution in [1.82, 2.24) is 9.88 Å². The zero-order valence-corrected chi connectivity index (χ0v) is 10.4. The fourth-order valence-electron chi connectivity index (χ4n) is 2.42. The van der Waals surface area contributed by atoms with E-state index in [4.69, 9.17) is 5.11 Å². The topological polar surface area (TPSA) is 70.5 Å². The quantitative estimate of drug-likeness (QED) is 0.900. The number of hydrogen-bond acceptors (Lipinski definition) is 3. The molecule has 1 amide bonds. The van der Waals surface area contributed by atoms with Crippen molar-refractivity contribution in [3.05, 3.63) is 29.8 Å². The third-order valence-corrected chi connectivity index (χ3v) is 3.28. The van der Waals surface area contributed by atoms with Crippen LogP contribution in [0.3, 0.4) is 0 Å². The standard InChI is InChI=1S/C13H15FN2O3/c14-10-5-9(6-15-7-10)13(19)16(8-12(17)18)11-3-1-2-4-11/h5-7,11H,1-4,8H2,(H,17,18). The predicted molar refractivity (Wildman–Crippen MR) is 65.1 cm³/mol. The van der Waals surface area contributed by atoms with Gasteiger partial charge < -0.3 is 10.0 Å². The molecular formula is C13H15FN2O3. The third-order valence-electron chi connectivity index (χ3n) is 3.28. The smallest absolute Gasteiger partial charge is 0.323 e. The number of halogens is 1. The van der Waals surface area contributed by atoms with Gasteiger partial charge in [-0.15, -0.1) is 0 Å². The summed E-state index contributed by atoms with van der Waals surface area (Å²) in [5.74, 6) is -2.14. The van der Waals surface area contributed by atoms with Gasteiger partial charge in [0.1, 0.15) is 12.4 Å². The Morgan fingerprint density at radius 2 is 2.05 bits per heavy atom. The normalized spacial score (nSPS) is 15.4. The fourth-order valence-corrected chi connectivity index (χ4v) is 2.42. The molecule has 6 heteroatoms. The molecule has 0 bridgehead atoms. The van der Waals surface area contributed by atoms with Gasteiger partial charge in [0.15, 0.2) is 0 Å². The largest absolute Gasteiger partial charge is 0.480 e. The minimum atomic E-state index is -1.07. The van der Waals surface area contributed by atoms with Crippen LogP contribution in [0, 0.1) is 5.82 Å². The number of aromatic nitrogens is 1. The molecule has 1 fully saturated rings. The van der Waals surface area contributed by atoms with Crippen LogP contribution >= 0.6 is 0 Å². The number of carbonyl (C=O) groups is 2. The third kappa shape index (κ3) is 3.27. The molecule has 1 aliphatic carbocycles. The van der Waals surface area contributed by atoms with E-state index >= 15 is 0 Å². The molecule has 0 aromatic carbocycles. The lowest BCUT2D eigenvalue weighted by Crippen LogP contribution is -2.42. The Kier molecular flexibility index (Phi) is 4.09. The molecule has 0 aliphatic heterocycles.